The van der Waals surface area contributed by atoms with Gasteiger partial charge in [-0.25, -0.2) is 0 Å². The summed E-state index contributed by atoms with van der Waals surface area (Å²) in [5.41, 5.74) is 17.3. The maximum Gasteiger partial charge on any atom is 0.252 e. The molecule has 16 rings (SSSR count). The van der Waals surface area contributed by atoms with Crippen LogP contribution in [0.5, 0.6) is 46.0 Å². The van der Waals surface area contributed by atoms with E-state index in [0.29, 0.717) is 67.6 Å². The molecule has 0 radical (unpaired) electrons. The Kier molecular flexibility index (Phi) is 38.3. The fourth-order valence-corrected chi connectivity index (χ4v) is 13.5. The second-order valence-corrected chi connectivity index (χ2v) is 31.6. The molecule has 1 aromatic heterocycles. The van der Waals surface area contributed by atoms with E-state index in [4.69, 9.17) is 59.6 Å². The van der Waals surface area contributed by atoms with E-state index >= 15 is 0 Å². The Hall–Kier alpha value is -16.1. The topological polar surface area (TPSA) is 238 Å². The van der Waals surface area contributed by atoms with Crippen molar-refractivity contribution in [2.24, 2.45) is 0 Å². The summed E-state index contributed by atoms with van der Waals surface area (Å²) in [7, 11) is 2.20. The molecular formula is C110H102ClF6N4O15P. The van der Waals surface area contributed by atoms with Crippen molar-refractivity contribution in [1.82, 2.24) is 0 Å². The van der Waals surface area contributed by atoms with Crippen LogP contribution >= 0.6 is 19.4 Å². The maximum absolute atomic E-state index is 14.0. The first-order chi connectivity index (χ1) is 65.4. The summed E-state index contributed by atoms with van der Waals surface area (Å²) < 4.78 is 110. The molecule has 0 aliphatic rings. The molecule has 19 nitrogen and oxygen atoms in total. The first-order valence-electron chi connectivity index (χ1n) is 41.9. The van der Waals surface area contributed by atoms with E-state index in [1.807, 2.05) is 224 Å². The predicted molar refractivity (Wildman–Crippen MR) is 529 cm³/mol. The third kappa shape index (κ3) is 32.1. The van der Waals surface area contributed by atoms with Gasteiger partial charge in [-0.15, -0.1) is 4.57 Å². The van der Waals surface area contributed by atoms with Crippen molar-refractivity contribution in [3.63, 3.8) is 0 Å². The van der Waals surface area contributed by atoms with Gasteiger partial charge in [0.25, 0.3) is 16.8 Å². The van der Waals surface area contributed by atoms with Crippen molar-refractivity contribution in [3.05, 3.63) is 451 Å². The van der Waals surface area contributed by atoms with E-state index in [0.717, 1.165) is 79.7 Å². The third-order valence-corrected chi connectivity index (χ3v) is 20.4. The number of benzene rings is 15. The van der Waals surface area contributed by atoms with E-state index < -0.39 is 31.2 Å². The molecule has 137 heavy (non-hydrogen) atoms. The van der Waals surface area contributed by atoms with Crippen LogP contribution in [0.4, 0.5) is 42.2 Å². The van der Waals surface area contributed by atoms with Crippen LogP contribution in [0.1, 0.15) is 94.1 Å². The largest absolute Gasteiger partial charge is 0.399 e. The summed E-state index contributed by atoms with van der Waals surface area (Å²) in [6, 6.07) is 123. The number of aliphatic hydroxyl groups excluding tert-OH is 1. The van der Waals surface area contributed by atoms with Crippen molar-refractivity contribution < 1.29 is 101 Å². The van der Waals surface area contributed by atoms with Gasteiger partial charge in [-0.1, -0.05) is 183 Å². The average molecular weight is 1900 g/mol. The van der Waals surface area contributed by atoms with Crippen LogP contribution in [-0.2, 0) is 0 Å². The number of para-hydroxylation sites is 4. The number of carbonyl (C=O) groups excluding carboxylic acids is 5. The Morgan fingerprint density at radius 2 is 0.657 bits per heavy atom. The van der Waals surface area contributed by atoms with Gasteiger partial charge in [-0.3, -0.25) is 28.9 Å². The van der Waals surface area contributed by atoms with Crippen molar-refractivity contribution in [2.75, 3.05) is 72.8 Å². The monoisotopic (exact) mass is 1900 g/mol. The number of nitrogens with two attached hydrogens (primary N) is 1. The van der Waals surface area contributed by atoms with E-state index in [-0.39, 0.29) is 30.7 Å². The summed E-state index contributed by atoms with van der Waals surface area (Å²) in [6.07, 6.45) is -1.19. The molecule has 4 N–H and O–H groups in total. The number of nitrogens with one attached hydrogen (secondary N) is 1. The molecule has 0 aliphatic heterocycles. The average Bonchev–Trinajstić information content (AvgIpc) is 1.60. The Labute approximate surface area is 796 Å². The molecule has 1 heterocycles. The molecule has 0 spiro atoms. The van der Waals surface area contributed by atoms with Crippen molar-refractivity contribution in [1.29, 1.82) is 0 Å². The molecule has 0 fully saturated rings. The fraction of sp³-hybridized carbons (Fsp3) is 0.109. The van der Waals surface area contributed by atoms with Gasteiger partial charge in [0.1, 0.15) is 64.2 Å². The zero-order valence-electron chi connectivity index (χ0n) is 75.1. The Bertz CT molecular complexity index is 6420. The third-order valence-electron chi connectivity index (χ3n) is 20.2. The zero-order chi connectivity index (χ0) is 97.6. The maximum atomic E-state index is 14.0. The number of aromatic nitrogens is 1. The molecule has 0 aliphatic carbocycles. The molecule has 27 heteroatoms. The zero-order valence-corrected chi connectivity index (χ0v) is 76.8. The van der Waals surface area contributed by atoms with Crippen LogP contribution in [0.2, 0.25) is 0 Å². The first-order valence-corrected chi connectivity index (χ1v) is 44.3. The number of carbonyl (C=O) groups is 5. The van der Waals surface area contributed by atoms with Gasteiger partial charge in [-0.2, -0.15) is 0 Å². The Morgan fingerprint density at radius 1 is 0.350 bits per heavy atom. The molecule has 15 aromatic carbocycles. The number of ketones is 3. The number of oxazole rings is 1. The summed E-state index contributed by atoms with van der Waals surface area (Å²) in [5.74, 6) is 6.45. The van der Waals surface area contributed by atoms with E-state index in [1.54, 1.807) is 207 Å². The van der Waals surface area contributed by atoms with Crippen LogP contribution < -0.4 is 58.4 Å². The molecule has 3 atom stereocenters. The summed E-state index contributed by atoms with van der Waals surface area (Å²) in [6.45, 7) is 0. The molecule has 1 amide bonds. The number of nitrogens with zero attached hydrogens (tertiary/aromatic N) is 2. The van der Waals surface area contributed by atoms with Gasteiger partial charge in [0.05, 0.1) is 68.0 Å². The van der Waals surface area contributed by atoms with Crippen LogP contribution in [-0.4, -0.2) is 90.5 Å². The Morgan fingerprint density at radius 3 is 1.02 bits per heavy atom. The van der Waals surface area contributed by atoms with Crippen LogP contribution in [0.3, 0.4) is 0 Å². The minimum Gasteiger partial charge on any atom is -0.399 e. The van der Waals surface area contributed by atoms with E-state index in [2.05, 4.69) is 46.3 Å². The second kappa shape index (κ2) is 50.1. The summed E-state index contributed by atoms with van der Waals surface area (Å²) >= 11 is 5.16. The molecule has 706 valence electrons. The number of ether oxygens (including phenoxy) is 8. The Balaban J connectivity index is 0.000000191. The summed E-state index contributed by atoms with van der Waals surface area (Å²) in [4.78, 5) is 65.1. The number of rotatable bonds is 27. The van der Waals surface area contributed by atoms with Gasteiger partial charge in [0.15, 0.2) is 17.3 Å². The number of aliphatic hydroxyl groups is 1. The van der Waals surface area contributed by atoms with Crippen molar-refractivity contribution in [3.8, 4) is 85.7 Å². The van der Waals surface area contributed by atoms with E-state index in [1.165, 1.54) is 0 Å². The van der Waals surface area contributed by atoms with Crippen molar-refractivity contribution >= 4 is 65.0 Å². The number of Topliss-reactive ketones (excluding diaryl/α,β-unsaturated/α-hetero) is 3. The molecule has 0 saturated carbocycles. The molecule has 3 unspecified atom stereocenters. The SMILES string of the molecule is C.COc1ccc(-c2oc(-c3ccccc3)[n+](-c3ccccc3)c2-c2ccc(OC)cc2)cc1.COc1ccc(C(=O)C(Nc2ccccc2)c2ccc(OC)cc2)cc1.COc1ccc(C(=O)C(O)c2ccc(OC)cc2)cc1.COc1ccc(C(=O)C(c2ccc(OC)cc2)N(C(=O)c2ccccc2)c2ccccc2)cc1.F[P-](F)(F)(F)(F)F.Nc1ccccc1.O=C(Cl)c1ccccc1. The van der Waals surface area contributed by atoms with Crippen molar-refractivity contribution in [2.45, 2.75) is 25.6 Å². The standard InChI is InChI=1S/C29H25NO4.C29H24NO3.C22H21NO3.C16H16O4.C7H5ClO.C6H7N.CH4.F6P/c1-33-25-17-13-21(14-18-25)27(28(31)22-15-19-26(34-2)20-16-22)30(24-11-7-4-8-12-24)29(32)23-9-5-3-6-10-23;1-31-25-17-13-21(14-18-25)27-28(22-15-19-26(32-2)20-16-22)33-29(23-9-5-3-6-10-23)30(27)24-11-7-4-8-12-24;1-25-19-12-8-16(9-13-19)21(23-18-6-4-3-5-7-18)22(24)17-10-14-20(26-2)15-11-17;1-19-13-7-3-11(4-8-13)15(17)16(18)12-5-9-14(20-2)10-6-12;8-7(9)6-4-2-1-3-5-6;7-6-4-2-1-3-5-6;;1-7(2,3,4,5)6/h3-20,27H,1-2H3;3-20H,1-2H3;3-15,21,23H,1-2H3;3-10,15,17H,1-2H3;1-5H;1-5H,7H2;1H4;/q;+1;;;;;;-1. The normalized spacial score (nSPS) is 11.5. The van der Waals surface area contributed by atoms with Gasteiger partial charge in [0, 0.05) is 62.6 Å². The molecule has 16 aromatic rings. The van der Waals surface area contributed by atoms with Crippen LogP contribution in [0.15, 0.2) is 411 Å². The smallest absolute Gasteiger partial charge is 0.252 e. The van der Waals surface area contributed by atoms with Crippen LogP contribution in [0, 0.1) is 0 Å². The molecule has 0 bridgehead atoms. The van der Waals surface area contributed by atoms with Gasteiger partial charge in [0.2, 0.25) is 11.4 Å². The predicted octanol–water partition coefficient (Wildman–Crippen LogP) is 27.3. The number of halogens is 7. The quantitative estimate of drug-likeness (QED) is 0.0108. The van der Waals surface area contributed by atoms with Gasteiger partial charge in [-0.05, 0) is 247 Å². The number of anilines is 3. The number of hydrogen-bond acceptors (Lipinski definition) is 17. The number of amides is 1. The minimum atomic E-state index is -10.7. The minimum absolute atomic E-state index is 0. The second-order valence-electron chi connectivity index (χ2n) is 29.3. The number of hydrogen-bond donors (Lipinski definition) is 3. The molecular weight excluding hydrogens is 1800 g/mol. The first kappa shape index (κ1) is 105. The fourth-order valence-electron chi connectivity index (χ4n) is 13.3. The molecule has 0 saturated heterocycles. The number of nitrogen functional groups attached to an aromatic ring is 1. The summed E-state index contributed by atoms with van der Waals surface area (Å²) in [5, 5.41) is 13.0. The van der Waals surface area contributed by atoms with Crippen LogP contribution in [0.25, 0.3) is 39.7 Å². The number of methoxy groups -OCH3 is 8. The van der Waals surface area contributed by atoms with Gasteiger partial charge >= 0.3 is 38.9 Å². The van der Waals surface area contributed by atoms with E-state index in [9.17, 15) is 54.3 Å². The van der Waals surface area contributed by atoms with Gasteiger partial charge < -0.3 is 58.5 Å².